The van der Waals surface area contributed by atoms with Gasteiger partial charge in [-0.15, -0.1) is 11.8 Å². The fourth-order valence-corrected chi connectivity index (χ4v) is 5.42. The largest absolute Gasteiger partial charge is 0.392 e. The van der Waals surface area contributed by atoms with Crippen LogP contribution in [0.1, 0.15) is 87.9 Å². The van der Waals surface area contributed by atoms with Gasteiger partial charge in [0.1, 0.15) is 0 Å². The van der Waals surface area contributed by atoms with Crippen molar-refractivity contribution in [2.75, 3.05) is 11.1 Å². The van der Waals surface area contributed by atoms with E-state index in [9.17, 15) is 19.5 Å². The van der Waals surface area contributed by atoms with Crippen molar-refractivity contribution < 1.29 is 19.5 Å². The summed E-state index contributed by atoms with van der Waals surface area (Å²) in [6, 6.07) is 8.43. The Balaban J connectivity index is 1.73. The van der Waals surface area contributed by atoms with Crippen molar-refractivity contribution in [2.24, 2.45) is 5.92 Å². The Morgan fingerprint density at radius 1 is 1.00 bits per heavy atom. The van der Waals surface area contributed by atoms with Gasteiger partial charge in [-0.2, -0.15) is 0 Å². The minimum absolute atomic E-state index is 0.00356. The summed E-state index contributed by atoms with van der Waals surface area (Å²) in [5.74, 6) is -0.443. The topological polar surface area (TPSA) is 120 Å². The third kappa shape index (κ3) is 9.78. The molecule has 1 heterocycles. The molecule has 216 valence electrons. The van der Waals surface area contributed by atoms with Gasteiger partial charge < -0.3 is 21.1 Å². The number of amides is 3. The summed E-state index contributed by atoms with van der Waals surface area (Å²) in [4.78, 5) is 43.4. The van der Waals surface area contributed by atoms with E-state index < -0.39 is 11.6 Å². The van der Waals surface area contributed by atoms with Crippen molar-refractivity contribution in [3.8, 4) is 0 Å². The lowest BCUT2D eigenvalue weighted by molar-refractivity contribution is -0.125. The van der Waals surface area contributed by atoms with Crippen LogP contribution in [0.3, 0.4) is 0 Å². The molecule has 4 N–H and O–H groups in total. The van der Waals surface area contributed by atoms with Crippen LogP contribution in [-0.4, -0.2) is 50.7 Å². The Morgan fingerprint density at radius 2 is 1.68 bits per heavy atom. The number of nitrogens with zero attached hydrogens (tertiary/aromatic N) is 1. The van der Waals surface area contributed by atoms with Crippen LogP contribution in [-0.2, 0) is 4.79 Å². The first-order valence-electron chi connectivity index (χ1n) is 13.7. The number of hydrogen-bond donors (Lipinski definition) is 4. The van der Waals surface area contributed by atoms with Gasteiger partial charge in [-0.05, 0) is 97.6 Å². The molecule has 2 unspecified atom stereocenters. The molecule has 0 fully saturated rings. The van der Waals surface area contributed by atoms with E-state index in [1.165, 1.54) is 11.8 Å². The van der Waals surface area contributed by atoms with Gasteiger partial charge >= 0.3 is 0 Å². The number of allylic oxidation sites excluding steroid dienone is 1. The van der Waals surface area contributed by atoms with E-state index in [-0.39, 0.29) is 29.2 Å². The quantitative estimate of drug-likeness (QED) is 0.240. The van der Waals surface area contributed by atoms with Crippen LogP contribution in [0, 0.1) is 5.92 Å². The van der Waals surface area contributed by atoms with E-state index in [0.717, 1.165) is 24.8 Å². The zero-order valence-corrected chi connectivity index (χ0v) is 25.2. The van der Waals surface area contributed by atoms with Crippen molar-refractivity contribution in [1.29, 1.82) is 0 Å². The van der Waals surface area contributed by atoms with Gasteiger partial charge in [0.15, 0.2) is 0 Å². The smallest absolute Gasteiger partial charge is 0.255 e. The summed E-state index contributed by atoms with van der Waals surface area (Å²) in [6.07, 6.45) is 7.52. The molecule has 2 atom stereocenters. The third-order valence-corrected chi connectivity index (χ3v) is 7.40. The number of rotatable bonds is 9. The number of nitrogens with one attached hydrogen (secondary N) is 3. The Bertz CT molecular complexity index is 1230. The van der Waals surface area contributed by atoms with Gasteiger partial charge in [0.25, 0.3) is 11.8 Å². The molecule has 0 saturated carbocycles. The van der Waals surface area contributed by atoms with Crippen LogP contribution in [0.25, 0.3) is 0 Å². The highest BCUT2D eigenvalue weighted by Gasteiger charge is 2.29. The highest BCUT2D eigenvalue weighted by molar-refractivity contribution is 7.99. The number of carbonyl (C=O) groups is 3. The maximum absolute atomic E-state index is 13.2. The molecule has 0 radical (unpaired) electrons. The summed E-state index contributed by atoms with van der Waals surface area (Å²) >= 11 is 1.38. The molecule has 0 saturated heterocycles. The van der Waals surface area contributed by atoms with E-state index >= 15 is 0 Å². The highest BCUT2D eigenvalue weighted by atomic mass is 32.2. The van der Waals surface area contributed by atoms with Crippen LogP contribution in [0.4, 0.5) is 5.69 Å². The fraction of sp³-hybridized carbons (Fsp3) is 0.484. The van der Waals surface area contributed by atoms with E-state index in [0.29, 0.717) is 33.9 Å². The fourth-order valence-electron chi connectivity index (χ4n) is 4.46. The van der Waals surface area contributed by atoms with Crippen molar-refractivity contribution in [3.63, 3.8) is 0 Å². The Hall–Kier alpha value is -3.17. The number of aliphatic hydroxyl groups is 1. The standard InChI is InChI=1S/C31H42N4O4S/c1-30(2,3)34-28(38)24-10-8-7-9-21(24)17-23(36)19-40-26-12-11-22(18-25(26)29(39)35-31(4,5)6)33-27(37)20-13-15-32-16-14-20/h9,11-16,18,23-24,36H,7-8,10,17,19H2,1-6H3,(H,33,37)(H,34,38)(H,35,39). The van der Waals surface area contributed by atoms with Crippen LogP contribution in [0.15, 0.2) is 59.3 Å². The predicted octanol–water partition coefficient (Wildman–Crippen LogP) is 5.35. The number of benzene rings is 1. The van der Waals surface area contributed by atoms with Crippen LogP contribution in [0.2, 0.25) is 0 Å². The van der Waals surface area contributed by atoms with Crippen molar-refractivity contribution in [2.45, 2.75) is 89.3 Å². The van der Waals surface area contributed by atoms with E-state index in [4.69, 9.17) is 0 Å². The molecule has 2 aromatic rings. The number of aromatic nitrogens is 1. The molecule has 0 bridgehead atoms. The van der Waals surface area contributed by atoms with Crippen LogP contribution >= 0.6 is 11.8 Å². The molecule has 1 aromatic carbocycles. The molecule has 3 rings (SSSR count). The normalized spacial score (nSPS) is 16.5. The maximum Gasteiger partial charge on any atom is 0.255 e. The molecule has 0 aliphatic heterocycles. The molecule has 40 heavy (non-hydrogen) atoms. The van der Waals surface area contributed by atoms with Gasteiger partial charge in [0.05, 0.1) is 17.6 Å². The molecule has 0 spiro atoms. The monoisotopic (exact) mass is 566 g/mol. The third-order valence-electron chi connectivity index (χ3n) is 6.18. The number of carbonyl (C=O) groups excluding carboxylic acids is 3. The van der Waals surface area contributed by atoms with Crippen LogP contribution < -0.4 is 16.0 Å². The van der Waals surface area contributed by atoms with Crippen molar-refractivity contribution >= 4 is 35.2 Å². The summed E-state index contributed by atoms with van der Waals surface area (Å²) in [5, 5.41) is 19.9. The molecule has 1 aromatic heterocycles. The molecule has 1 aliphatic rings. The minimum atomic E-state index is -0.691. The first-order valence-corrected chi connectivity index (χ1v) is 14.7. The predicted molar refractivity (Wildman–Crippen MR) is 161 cm³/mol. The lowest BCUT2D eigenvalue weighted by Gasteiger charge is -2.29. The number of anilines is 1. The molecule has 8 nitrogen and oxygen atoms in total. The minimum Gasteiger partial charge on any atom is -0.392 e. The Kier molecular flexibility index (Phi) is 10.6. The van der Waals surface area contributed by atoms with E-state index in [1.807, 2.05) is 41.5 Å². The lowest BCUT2D eigenvalue weighted by Crippen LogP contribution is -2.44. The van der Waals surface area contributed by atoms with Gasteiger partial charge in [-0.3, -0.25) is 19.4 Å². The molecule has 9 heteroatoms. The lowest BCUT2D eigenvalue weighted by atomic mass is 9.83. The van der Waals surface area contributed by atoms with Gasteiger partial charge in [0, 0.05) is 45.4 Å². The first kappa shape index (κ1) is 31.4. The van der Waals surface area contributed by atoms with E-state index in [2.05, 4.69) is 27.0 Å². The zero-order chi connectivity index (χ0) is 29.5. The van der Waals surface area contributed by atoms with Gasteiger partial charge in [-0.1, -0.05) is 11.6 Å². The maximum atomic E-state index is 13.2. The average Bonchev–Trinajstić information content (AvgIpc) is 2.86. The molecular weight excluding hydrogens is 524 g/mol. The molecule has 1 aliphatic carbocycles. The molecule has 3 amide bonds. The SMILES string of the molecule is CC(C)(C)NC(=O)c1cc(NC(=O)c2ccncc2)ccc1SCC(O)CC1=CCCCC1C(=O)NC(C)(C)C. The second-order valence-corrected chi connectivity index (χ2v) is 13.3. The van der Waals surface area contributed by atoms with Gasteiger partial charge in [-0.25, -0.2) is 0 Å². The number of hydrogen-bond acceptors (Lipinski definition) is 6. The Labute approximate surface area is 241 Å². The van der Waals surface area contributed by atoms with Crippen LogP contribution in [0.5, 0.6) is 0 Å². The number of aliphatic hydroxyl groups excluding tert-OH is 1. The second-order valence-electron chi connectivity index (χ2n) is 12.3. The number of thioether (sulfide) groups is 1. The van der Waals surface area contributed by atoms with Gasteiger partial charge in [0.2, 0.25) is 5.91 Å². The Morgan fingerprint density at radius 3 is 2.33 bits per heavy atom. The average molecular weight is 567 g/mol. The first-order chi connectivity index (χ1) is 18.7. The molecular formula is C31H42N4O4S. The summed E-state index contributed by atoms with van der Waals surface area (Å²) in [7, 11) is 0. The summed E-state index contributed by atoms with van der Waals surface area (Å²) < 4.78 is 0. The second kappa shape index (κ2) is 13.5. The van der Waals surface area contributed by atoms with E-state index in [1.54, 1.807) is 42.7 Å². The summed E-state index contributed by atoms with van der Waals surface area (Å²) in [5.41, 5.74) is 1.57. The summed E-state index contributed by atoms with van der Waals surface area (Å²) in [6.45, 7) is 11.6. The highest BCUT2D eigenvalue weighted by Crippen LogP contribution is 2.32. The number of pyridine rings is 1. The van der Waals surface area contributed by atoms with Crippen molar-refractivity contribution in [3.05, 3.63) is 65.5 Å². The zero-order valence-electron chi connectivity index (χ0n) is 24.3. The van der Waals surface area contributed by atoms with Crippen molar-refractivity contribution in [1.82, 2.24) is 15.6 Å².